The maximum absolute atomic E-state index is 11.7. The summed E-state index contributed by atoms with van der Waals surface area (Å²) in [5, 5.41) is 8.68. The molecule has 0 aliphatic carbocycles. The number of benzene rings is 1. The quantitative estimate of drug-likeness (QED) is 0.609. The number of amides is 1. The second kappa shape index (κ2) is 7.02. The van der Waals surface area contributed by atoms with Crippen molar-refractivity contribution in [3.8, 4) is 0 Å². The Morgan fingerprint density at radius 2 is 2.05 bits per heavy atom. The molecule has 0 aliphatic heterocycles. The van der Waals surface area contributed by atoms with E-state index in [0.29, 0.717) is 17.7 Å². The number of halogens is 1. The summed E-state index contributed by atoms with van der Waals surface area (Å²) in [6.07, 6.45) is 2.11. The normalized spacial score (nSPS) is 11.3. The number of anilines is 1. The molecular weight excluding hydrogens is 332 g/mol. The minimum atomic E-state index is -3.77. The van der Waals surface area contributed by atoms with Gasteiger partial charge in [-0.1, -0.05) is 22.0 Å². The van der Waals surface area contributed by atoms with Crippen LogP contribution < -0.4 is 10.5 Å². The number of hydrogen-bond donors (Lipinski definition) is 2. The van der Waals surface area contributed by atoms with Crippen molar-refractivity contribution in [1.82, 2.24) is 0 Å². The van der Waals surface area contributed by atoms with Crippen molar-refractivity contribution in [2.24, 2.45) is 5.14 Å². The van der Waals surface area contributed by atoms with E-state index in [2.05, 4.69) is 21.2 Å². The zero-order valence-electron chi connectivity index (χ0n) is 10.6. The van der Waals surface area contributed by atoms with Gasteiger partial charge in [-0.25, -0.2) is 13.6 Å². The topological polar surface area (TPSA) is 89.3 Å². The maximum atomic E-state index is 11.7. The van der Waals surface area contributed by atoms with Gasteiger partial charge in [-0.2, -0.15) is 0 Å². The van der Waals surface area contributed by atoms with Gasteiger partial charge in [0.25, 0.3) is 0 Å². The van der Waals surface area contributed by atoms with Gasteiger partial charge < -0.3 is 5.32 Å². The fraction of sp³-hybridized carbons (Fsp3) is 0.417. The third-order valence-corrected chi connectivity index (χ3v) is 4.27. The van der Waals surface area contributed by atoms with Gasteiger partial charge in [-0.15, -0.1) is 0 Å². The van der Waals surface area contributed by atoms with E-state index in [4.69, 9.17) is 5.14 Å². The van der Waals surface area contributed by atoms with Crippen molar-refractivity contribution in [3.63, 3.8) is 0 Å². The first kappa shape index (κ1) is 16.1. The van der Waals surface area contributed by atoms with E-state index in [-0.39, 0.29) is 10.8 Å². The molecule has 0 spiro atoms. The smallest absolute Gasteiger partial charge is 0.238 e. The molecular formula is C12H17BrN2O3S. The number of rotatable bonds is 6. The summed E-state index contributed by atoms with van der Waals surface area (Å²) in [4.78, 5) is 11.7. The zero-order chi connectivity index (χ0) is 14.5. The van der Waals surface area contributed by atoms with Crippen LogP contribution in [0.25, 0.3) is 0 Å². The Balaban J connectivity index is 2.83. The van der Waals surface area contributed by atoms with Crippen molar-refractivity contribution in [2.45, 2.75) is 31.1 Å². The average Bonchev–Trinajstić information content (AvgIpc) is 2.30. The Bertz CT molecular complexity index is 558. The molecule has 19 heavy (non-hydrogen) atoms. The summed E-state index contributed by atoms with van der Waals surface area (Å²) < 4.78 is 22.7. The second-order valence-electron chi connectivity index (χ2n) is 4.17. The van der Waals surface area contributed by atoms with Crippen molar-refractivity contribution >= 4 is 37.5 Å². The predicted molar refractivity (Wildman–Crippen MR) is 78.8 cm³/mol. The number of unbranched alkanes of at least 4 members (excludes halogenated alkanes) is 1. The predicted octanol–water partition coefficient (Wildman–Crippen LogP) is 2.15. The molecule has 1 aromatic rings. The van der Waals surface area contributed by atoms with Crippen LogP contribution >= 0.6 is 15.9 Å². The van der Waals surface area contributed by atoms with Crippen LogP contribution in [0.2, 0.25) is 0 Å². The Morgan fingerprint density at radius 3 is 2.63 bits per heavy atom. The van der Waals surface area contributed by atoms with Gasteiger partial charge in [0.15, 0.2) is 0 Å². The molecule has 0 fully saturated rings. The van der Waals surface area contributed by atoms with Gasteiger partial charge in [0, 0.05) is 17.4 Å². The number of nitrogens with one attached hydrogen (secondary N) is 1. The van der Waals surface area contributed by atoms with Gasteiger partial charge in [0.1, 0.15) is 0 Å². The SMILES string of the molecule is Cc1c(NC(=O)CCCCBr)cccc1S(N)(=O)=O. The molecule has 1 rings (SSSR count). The van der Waals surface area contributed by atoms with E-state index < -0.39 is 10.0 Å². The van der Waals surface area contributed by atoms with E-state index in [0.717, 1.165) is 18.2 Å². The molecule has 0 bridgehead atoms. The first-order chi connectivity index (χ1) is 8.86. The second-order valence-corrected chi connectivity index (χ2v) is 6.49. The molecule has 0 atom stereocenters. The van der Waals surface area contributed by atoms with Crippen LogP contribution in [0, 0.1) is 6.92 Å². The van der Waals surface area contributed by atoms with Crippen molar-refractivity contribution in [3.05, 3.63) is 23.8 Å². The Hall–Kier alpha value is -0.920. The summed E-state index contributed by atoms with van der Waals surface area (Å²) >= 11 is 3.30. The molecule has 0 heterocycles. The number of carbonyl (C=O) groups excluding carboxylic acids is 1. The molecule has 0 unspecified atom stereocenters. The summed E-state index contributed by atoms with van der Waals surface area (Å²) in [6, 6.07) is 4.64. The summed E-state index contributed by atoms with van der Waals surface area (Å²) in [5.74, 6) is -0.129. The zero-order valence-corrected chi connectivity index (χ0v) is 13.1. The van der Waals surface area contributed by atoms with E-state index in [1.54, 1.807) is 19.1 Å². The minimum absolute atomic E-state index is 0.0331. The summed E-state index contributed by atoms with van der Waals surface area (Å²) in [7, 11) is -3.77. The van der Waals surface area contributed by atoms with Gasteiger partial charge in [0.2, 0.25) is 15.9 Å². The van der Waals surface area contributed by atoms with Crippen LogP contribution in [-0.4, -0.2) is 19.7 Å². The molecule has 3 N–H and O–H groups in total. The number of primary sulfonamides is 1. The van der Waals surface area contributed by atoms with Gasteiger partial charge in [-0.3, -0.25) is 4.79 Å². The minimum Gasteiger partial charge on any atom is -0.326 e. The Labute approximate surface area is 121 Å². The van der Waals surface area contributed by atoms with E-state index in [1.165, 1.54) is 6.07 Å². The molecule has 106 valence electrons. The molecule has 0 saturated heterocycles. The number of sulfonamides is 1. The molecule has 0 radical (unpaired) electrons. The standard InChI is InChI=1S/C12H17BrN2O3S/c1-9-10(15-12(16)7-2-3-8-13)5-4-6-11(9)19(14,17)18/h4-6H,2-3,7-8H2,1H3,(H,15,16)(H2,14,17,18). The molecule has 0 aromatic heterocycles. The summed E-state index contributed by atoms with van der Waals surface area (Å²) in [5.41, 5.74) is 0.939. The fourth-order valence-corrected chi connectivity index (χ4v) is 2.85. The van der Waals surface area contributed by atoms with Gasteiger partial charge >= 0.3 is 0 Å². The summed E-state index contributed by atoms with van der Waals surface area (Å²) in [6.45, 7) is 1.62. The number of hydrogen-bond acceptors (Lipinski definition) is 3. The number of alkyl halides is 1. The van der Waals surface area contributed by atoms with Crippen molar-refractivity contribution < 1.29 is 13.2 Å². The first-order valence-electron chi connectivity index (χ1n) is 5.84. The lowest BCUT2D eigenvalue weighted by Gasteiger charge is -2.11. The highest BCUT2D eigenvalue weighted by atomic mass is 79.9. The Kier molecular flexibility index (Phi) is 5.96. The fourth-order valence-electron chi connectivity index (χ4n) is 1.65. The molecule has 1 aromatic carbocycles. The molecule has 7 heteroatoms. The van der Waals surface area contributed by atoms with Crippen LogP contribution in [0.5, 0.6) is 0 Å². The third kappa shape index (κ3) is 4.93. The van der Waals surface area contributed by atoms with Crippen molar-refractivity contribution in [1.29, 1.82) is 0 Å². The van der Waals surface area contributed by atoms with Gasteiger partial charge in [-0.05, 0) is 37.5 Å². The van der Waals surface area contributed by atoms with E-state index >= 15 is 0 Å². The van der Waals surface area contributed by atoms with E-state index in [1.807, 2.05) is 0 Å². The highest BCUT2D eigenvalue weighted by Crippen LogP contribution is 2.22. The van der Waals surface area contributed by atoms with Crippen LogP contribution in [-0.2, 0) is 14.8 Å². The van der Waals surface area contributed by atoms with E-state index in [9.17, 15) is 13.2 Å². The average molecular weight is 349 g/mol. The van der Waals surface area contributed by atoms with Crippen LogP contribution in [0.4, 0.5) is 5.69 Å². The Morgan fingerprint density at radius 1 is 1.37 bits per heavy atom. The third-order valence-electron chi connectivity index (χ3n) is 2.65. The van der Waals surface area contributed by atoms with Crippen LogP contribution in [0.1, 0.15) is 24.8 Å². The van der Waals surface area contributed by atoms with Gasteiger partial charge in [0.05, 0.1) is 4.90 Å². The van der Waals surface area contributed by atoms with Crippen LogP contribution in [0.15, 0.2) is 23.1 Å². The highest BCUT2D eigenvalue weighted by Gasteiger charge is 2.14. The first-order valence-corrected chi connectivity index (χ1v) is 8.51. The lowest BCUT2D eigenvalue weighted by atomic mass is 10.2. The maximum Gasteiger partial charge on any atom is 0.238 e. The molecule has 5 nitrogen and oxygen atoms in total. The number of carbonyl (C=O) groups is 1. The monoisotopic (exact) mass is 348 g/mol. The largest absolute Gasteiger partial charge is 0.326 e. The highest BCUT2D eigenvalue weighted by molar-refractivity contribution is 9.09. The molecule has 0 saturated carbocycles. The van der Waals surface area contributed by atoms with Crippen molar-refractivity contribution in [2.75, 3.05) is 10.6 Å². The molecule has 1 amide bonds. The lowest BCUT2D eigenvalue weighted by molar-refractivity contribution is -0.116. The lowest BCUT2D eigenvalue weighted by Crippen LogP contribution is -2.16. The number of nitrogens with two attached hydrogens (primary N) is 1. The molecule has 0 aliphatic rings. The van der Waals surface area contributed by atoms with Crippen LogP contribution in [0.3, 0.4) is 0 Å².